The van der Waals surface area contributed by atoms with E-state index in [0.717, 1.165) is 36.1 Å². The lowest BCUT2D eigenvalue weighted by Gasteiger charge is -2.40. The molecule has 1 fully saturated rings. The van der Waals surface area contributed by atoms with Gasteiger partial charge in [0.1, 0.15) is 0 Å². The van der Waals surface area contributed by atoms with E-state index in [-0.39, 0.29) is 24.0 Å². The SMILES string of the molecule is CC(=O)N1CCC(N(C(=O)Nc2ccc(Br)cc2)C(C)C)CC1. The van der Waals surface area contributed by atoms with Crippen LogP contribution in [0.4, 0.5) is 10.5 Å². The molecule has 1 aromatic carbocycles. The summed E-state index contributed by atoms with van der Waals surface area (Å²) in [7, 11) is 0. The number of likely N-dealkylation sites (tertiary alicyclic amines) is 1. The fraction of sp³-hybridized carbons (Fsp3) is 0.529. The van der Waals surface area contributed by atoms with Gasteiger partial charge >= 0.3 is 6.03 Å². The van der Waals surface area contributed by atoms with Crippen molar-refractivity contribution in [1.82, 2.24) is 9.80 Å². The number of nitrogens with one attached hydrogen (secondary N) is 1. The number of rotatable bonds is 3. The first-order valence-corrected chi connectivity index (χ1v) is 8.78. The molecule has 0 unspecified atom stereocenters. The summed E-state index contributed by atoms with van der Waals surface area (Å²) in [5.41, 5.74) is 0.782. The van der Waals surface area contributed by atoms with Crippen LogP contribution >= 0.6 is 15.9 Å². The summed E-state index contributed by atoms with van der Waals surface area (Å²) >= 11 is 3.39. The minimum Gasteiger partial charge on any atom is -0.343 e. The van der Waals surface area contributed by atoms with Crippen LogP contribution in [0, 0.1) is 0 Å². The van der Waals surface area contributed by atoms with Gasteiger partial charge in [0.25, 0.3) is 0 Å². The van der Waals surface area contributed by atoms with Gasteiger partial charge in [-0.3, -0.25) is 4.79 Å². The number of benzene rings is 1. The lowest BCUT2D eigenvalue weighted by molar-refractivity contribution is -0.130. The molecular weight excluding hydrogens is 358 g/mol. The van der Waals surface area contributed by atoms with Crippen LogP contribution < -0.4 is 5.32 Å². The molecule has 2 rings (SSSR count). The molecule has 126 valence electrons. The molecule has 1 aliphatic rings. The van der Waals surface area contributed by atoms with Crippen molar-refractivity contribution in [2.75, 3.05) is 18.4 Å². The van der Waals surface area contributed by atoms with Crippen LogP contribution in [-0.4, -0.2) is 46.9 Å². The first-order valence-electron chi connectivity index (χ1n) is 7.99. The van der Waals surface area contributed by atoms with Crippen molar-refractivity contribution in [1.29, 1.82) is 0 Å². The number of hydrogen-bond donors (Lipinski definition) is 1. The Morgan fingerprint density at radius 1 is 1.22 bits per heavy atom. The van der Waals surface area contributed by atoms with Crippen molar-refractivity contribution in [2.45, 2.75) is 45.7 Å². The summed E-state index contributed by atoms with van der Waals surface area (Å²) in [6.07, 6.45) is 1.65. The Labute approximate surface area is 146 Å². The second-order valence-electron chi connectivity index (χ2n) is 6.18. The number of anilines is 1. The highest BCUT2D eigenvalue weighted by molar-refractivity contribution is 9.10. The van der Waals surface area contributed by atoms with Crippen molar-refractivity contribution >= 4 is 33.6 Å². The minimum atomic E-state index is -0.0800. The fourth-order valence-corrected chi connectivity index (χ4v) is 3.27. The molecule has 1 heterocycles. The van der Waals surface area contributed by atoms with E-state index >= 15 is 0 Å². The molecule has 1 saturated heterocycles. The predicted molar refractivity (Wildman–Crippen MR) is 95.4 cm³/mol. The largest absolute Gasteiger partial charge is 0.343 e. The molecule has 6 heteroatoms. The lowest BCUT2D eigenvalue weighted by atomic mass is 10.0. The highest BCUT2D eigenvalue weighted by atomic mass is 79.9. The van der Waals surface area contributed by atoms with E-state index in [1.165, 1.54) is 0 Å². The first kappa shape index (κ1) is 17.8. The first-order chi connectivity index (χ1) is 10.9. The summed E-state index contributed by atoms with van der Waals surface area (Å²) in [5.74, 6) is 0.110. The third-order valence-corrected chi connectivity index (χ3v) is 4.72. The van der Waals surface area contributed by atoms with Crippen molar-refractivity contribution in [3.8, 4) is 0 Å². The zero-order valence-electron chi connectivity index (χ0n) is 13.9. The number of amides is 3. The van der Waals surface area contributed by atoms with Crippen LogP contribution in [0.3, 0.4) is 0 Å². The molecule has 1 aliphatic heterocycles. The van der Waals surface area contributed by atoms with Crippen molar-refractivity contribution in [2.24, 2.45) is 0 Å². The number of carbonyl (C=O) groups is 2. The summed E-state index contributed by atoms with van der Waals surface area (Å²) in [6.45, 7) is 7.08. The predicted octanol–water partition coefficient (Wildman–Crippen LogP) is 3.70. The van der Waals surface area contributed by atoms with E-state index in [2.05, 4.69) is 21.2 Å². The third-order valence-electron chi connectivity index (χ3n) is 4.19. The molecule has 1 aromatic rings. The average Bonchev–Trinajstić information content (AvgIpc) is 2.50. The Morgan fingerprint density at radius 3 is 2.26 bits per heavy atom. The maximum atomic E-state index is 12.7. The van der Waals surface area contributed by atoms with E-state index in [4.69, 9.17) is 0 Å². The molecule has 3 amide bonds. The summed E-state index contributed by atoms with van der Waals surface area (Å²) < 4.78 is 0.979. The van der Waals surface area contributed by atoms with Crippen LogP contribution in [-0.2, 0) is 4.79 Å². The van der Waals surface area contributed by atoms with Gasteiger partial charge in [-0.15, -0.1) is 0 Å². The van der Waals surface area contributed by atoms with E-state index in [1.54, 1.807) is 6.92 Å². The number of urea groups is 1. The van der Waals surface area contributed by atoms with Gasteiger partial charge in [-0.25, -0.2) is 4.79 Å². The van der Waals surface area contributed by atoms with Gasteiger partial charge in [0.2, 0.25) is 5.91 Å². The van der Waals surface area contributed by atoms with Gasteiger partial charge in [0, 0.05) is 42.3 Å². The smallest absolute Gasteiger partial charge is 0.322 e. The molecule has 5 nitrogen and oxygen atoms in total. The Bertz CT molecular complexity index is 551. The van der Waals surface area contributed by atoms with Gasteiger partial charge in [-0.2, -0.15) is 0 Å². The average molecular weight is 382 g/mol. The van der Waals surface area contributed by atoms with Crippen LogP contribution in [0.15, 0.2) is 28.7 Å². The van der Waals surface area contributed by atoms with E-state index in [0.29, 0.717) is 0 Å². The molecular formula is C17H24BrN3O2. The molecule has 0 aromatic heterocycles. The zero-order chi connectivity index (χ0) is 17.0. The normalized spacial score (nSPS) is 15.6. The topological polar surface area (TPSA) is 52.7 Å². The summed E-state index contributed by atoms with van der Waals surface area (Å²) in [5, 5.41) is 2.97. The second kappa shape index (κ2) is 7.81. The molecule has 0 saturated carbocycles. The summed E-state index contributed by atoms with van der Waals surface area (Å²) in [6, 6.07) is 7.75. The van der Waals surface area contributed by atoms with Crippen LogP contribution in [0.25, 0.3) is 0 Å². The van der Waals surface area contributed by atoms with Crippen molar-refractivity contribution in [3.63, 3.8) is 0 Å². The molecule has 0 atom stereocenters. The van der Waals surface area contributed by atoms with Crippen LogP contribution in [0.5, 0.6) is 0 Å². The number of piperidine rings is 1. The molecule has 0 radical (unpaired) electrons. The van der Waals surface area contributed by atoms with Gasteiger partial charge in [0.05, 0.1) is 0 Å². The highest BCUT2D eigenvalue weighted by Gasteiger charge is 2.30. The molecule has 1 N–H and O–H groups in total. The van der Waals surface area contributed by atoms with Crippen molar-refractivity contribution in [3.05, 3.63) is 28.7 Å². The van der Waals surface area contributed by atoms with E-state index in [1.807, 2.05) is 47.9 Å². The Kier molecular flexibility index (Phi) is 6.04. The fourth-order valence-electron chi connectivity index (χ4n) is 3.00. The Morgan fingerprint density at radius 2 is 1.78 bits per heavy atom. The number of halogens is 1. The second-order valence-corrected chi connectivity index (χ2v) is 7.09. The number of carbonyl (C=O) groups excluding carboxylic acids is 2. The van der Waals surface area contributed by atoms with Crippen LogP contribution in [0.2, 0.25) is 0 Å². The quantitative estimate of drug-likeness (QED) is 0.867. The number of hydrogen-bond acceptors (Lipinski definition) is 2. The number of nitrogens with zero attached hydrogens (tertiary/aromatic N) is 2. The Hall–Kier alpha value is -1.56. The third kappa shape index (κ3) is 4.70. The van der Waals surface area contributed by atoms with Gasteiger partial charge in [0.15, 0.2) is 0 Å². The maximum absolute atomic E-state index is 12.7. The standard InChI is InChI=1S/C17H24BrN3O2/c1-12(2)21(16-8-10-20(11-9-16)13(3)22)17(23)19-15-6-4-14(18)5-7-15/h4-7,12,16H,8-11H2,1-3H3,(H,19,23). The van der Waals surface area contributed by atoms with Gasteiger partial charge < -0.3 is 15.1 Å². The maximum Gasteiger partial charge on any atom is 0.322 e. The van der Waals surface area contributed by atoms with Crippen LogP contribution in [0.1, 0.15) is 33.6 Å². The van der Waals surface area contributed by atoms with E-state index < -0.39 is 0 Å². The molecule has 23 heavy (non-hydrogen) atoms. The summed E-state index contributed by atoms with van der Waals surface area (Å²) in [4.78, 5) is 27.9. The minimum absolute atomic E-state index is 0.0800. The van der Waals surface area contributed by atoms with Gasteiger partial charge in [-0.05, 0) is 51.0 Å². The lowest BCUT2D eigenvalue weighted by Crippen LogP contribution is -2.52. The molecule has 0 aliphatic carbocycles. The highest BCUT2D eigenvalue weighted by Crippen LogP contribution is 2.21. The monoisotopic (exact) mass is 381 g/mol. The van der Waals surface area contributed by atoms with Crippen molar-refractivity contribution < 1.29 is 9.59 Å². The Balaban J connectivity index is 2.02. The molecule has 0 bridgehead atoms. The zero-order valence-corrected chi connectivity index (χ0v) is 15.5. The molecule has 0 spiro atoms. The van der Waals surface area contributed by atoms with E-state index in [9.17, 15) is 9.59 Å². The van der Waals surface area contributed by atoms with Gasteiger partial charge in [-0.1, -0.05) is 15.9 Å².